The molecule has 1 unspecified atom stereocenters. The smallest absolute Gasteiger partial charge is 0.329 e. The van der Waals surface area contributed by atoms with E-state index in [1.54, 1.807) is 19.1 Å². The molecule has 1 spiro atoms. The SMILES string of the molecule is Cc1cc2cc(C(=O)c3cnn(-c4cnc(Oc5c(F)cccc5F)cc4C)c3N)[nH]c2cc1N1C(=O)NC2(CCN(C3COC3)C2)C1=O. The summed E-state index contributed by atoms with van der Waals surface area (Å²) >= 11 is 0. The number of likely N-dealkylation sites (tertiary alicyclic amines) is 1. The van der Waals surface area contributed by atoms with E-state index in [2.05, 4.69) is 25.3 Å². The first-order valence-electron chi connectivity index (χ1n) is 15.6. The number of amides is 3. The van der Waals surface area contributed by atoms with Crippen LogP contribution < -0.4 is 20.7 Å². The molecule has 3 aromatic heterocycles. The fourth-order valence-electron chi connectivity index (χ4n) is 6.70. The fraction of sp³-hybridized carbons (Fsp3) is 0.265. The Balaban J connectivity index is 1.04. The Labute approximate surface area is 277 Å². The number of urea groups is 1. The van der Waals surface area contributed by atoms with Gasteiger partial charge in [-0.05, 0) is 61.7 Å². The second-order valence-electron chi connectivity index (χ2n) is 12.6. The first-order valence-corrected chi connectivity index (χ1v) is 15.6. The maximum atomic E-state index is 14.1. The van der Waals surface area contributed by atoms with E-state index in [1.807, 2.05) is 13.0 Å². The zero-order valence-corrected chi connectivity index (χ0v) is 26.4. The lowest BCUT2D eigenvalue weighted by Gasteiger charge is -2.35. The van der Waals surface area contributed by atoms with Crippen molar-refractivity contribution >= 4 is 40.1 Å². The predicted octanol–water partition coefficient (Wildman–Crippen LogP) is 4.15. The molecule has 3 aliphatic rings. The number of aromatic amines is 1. The second kappa shape index (κ2) is 11.2. The third-order valence-electron chi connectivity index (χ3n) is 9.48. The van der Waals surface area contributed by atoms with Gasteiger partial charge in [0.2, 0.25) is 17.4 Å². The molecular formula is C34H30F2N8O5. The lowest BCUT2D eigenvalue weighted by molar-refractivity contribution is -0.122. The van der Waals surface area contributed by atoms with E-state index in [0.717, 1.165) is 12.1 Å². The number of carbonyl (C=O) groups excluding carboxylic acids is 3. The van der Waals surface area contributed by atoms with E-state index in [-0.39, 0.29) is 34.9 Å². The van der Waals surface area contributed by atoms with Crippen molar-refractivity contribution in [3.63, 3.8) is 0 Å². The van der Waals surface area contributed by atoms with Crippen LogP contribution in [0.3, 0.4) is 0 Å². The molecule has 3 amide bonds. The van der Waals surface area contributed by atoms with Crippen molar-refractivity contribution in [1.29, 1.82) is 0 Å². The molecule has 0 saturated carbocycles. The van der Waals surface area contributed by atoms with Crippen molar-refractivity contribution in [3.05, 3.63) is 88.9 Å². The number of nitrogens with zero attached hydrogens (tertiary/aromatic N) is 5. The number of fused-ring (bicyclic) bond motifs is 1. The van der Waals surface area contributed by atoms with Crippen LogP contribution in [0, 0.1) is 25.5 Å². The number of nitrogen functional groups attached to an aromatic ring is 1. The van der Waals surface area contributed by atoms with Crippen LogP contribution in [0.2, 0.25) is 0 Å². The number of ether oxygens (including phenoxy) is 2. The summed E-state index contributed by atoms with van der Waals surface area (Å²) in [5, 5.41) is 7.96. The van der Waals surface area contributed by atoms with Gasteiger partial charge in [0.15, 0.2) is 11.6 Å². The Hall–Kier alpha value is -5.67. The van der Waals surface area contributed by atoms with Gasteiger partial charge in [-0.3, -0.25) is 14.5 Å². The number of pyridine rings is 1. The number of aromatic nitrogens is 4. The topological polar surface area (TPSA) is 161 Å². The van der Waals surface area contributed by atoms with Crippen LogP contribution in [-0.2, 0) is 9.53 Å². The minimum Gasteiger partial charge on any atom is -0.433 e. The molecule has 250 valence electrons. The second-order valence-corrected chi connectivity index (χ2v) is 12.6. The van der Waals surface area contributed by atoms with Crippen LogP contribution in [0.4, 0.5) is 25.1 Å². The number of hydrogen-bond donors (Lipinski definition) is 3. The largest absolute Gasteiger partial charge is 0.433 e. The van der Waals surface area contributed by atoms with Crippen molar-refractivity contribution < 1.29 is 32.6 Å². The number of halogens is 2. The van der Waals surface area contributed by atoms with Crippen LogP contribution in [0.5, 0.6) is 11.6 Å². The van der Waals surface area contributed by atoms with Crippen LogP contribution in [0.25, 0.3) is 16.6 Å². The number of rotatable bonds is 7. The molecular weight excluding hydrogens is 638 g/mol. The van der Waals surface area contributed by atoms with E-state index in [1.165, 1.54) is 34.1 Å². The molecule has 13 nitrogen and oxygen atoms in total. The summed E-state index contributed by atoms with van der Waals surface area (Å²) in [6.07, 6.45) is 3.23. The van der Waals surface area contributed by atoms with Crippen LogP contribution >= 0.6 is 0 Å². The van der Waals surface area contributed by atoms with Gasteiger partial charge in [-0.2, -0.15) is 5.10 Å². The number of anilines is 2. The lowest BCUT2D eigenvalue weighted by atomic mass is 9.98. The average Bonchev–Trinajstić information content (AvgIpc) is 3.79. The van der Waals surface area contributed by atoms with E-state index in [4.69, 9.17) is 15.2 Å². The number of imide groups is 1. The number of H-pyrrole nitrogens is 1. The van der Waals surface area contributed by atoms with Gasteiger partial charge in [-0.25, -0.2) is 28.1 Å². The van der Waals surface area contributed by atoms with E-state index >= 15 is 0 Å². The van der Waals surface area contributed by atoms with Gasteiger partial charge < -0.3 is 25.5 Å². The highest BCUT2D eigenvalue weighted by Crippen LogP contribution is 2.37. The van der Waals surface area contributed by atoms with Gasteiger partial charge >= 0.3 is 6.03 Å². The van der Waals surface area contributed by atoms with Crippen molar-refractivity contribution in [1.82, 2.24) is 30.0 Å². The van der Waals surface area contributed by atoms with Crippen molar-refractivity contribution in [2.24, 2.45) is 0 Å². The summed E-state index contributed by atoms with van der Waals surface area (Å²) in [7, 11) is 0. The minimum atomic E-state index is -0.985. The molecule has 2 aromatic carbocycles. The predicted molar refractivity (Wildman–Crippen MR) is 173 cm³/mol. The molecule has 1 atom stereocenters. The molecule has 0 aliphatic carbocycles. The van der Waals surface area contributed by atoms with Crippen LogP contribution in [0.1, 0.15) is 33.6 Å². The van der Waals surface area contributed by atoms with Crippen LogP contribution in [-0.4, -0.2) is 80.3 Å². The summed E-state index contributed by atoms with van der Waals surface area (Å²) < 4.78 is 40.1. The molecule has 4 N–H and O–H groups in total. The molecule has 49 heavy (non-hydrogen) atoms. The van der Waals surface area contributed by atoms with E-state index in [9.17, 15) is 23.2 Å². The molecule has 6 heterocycles. The molecule has 15 heteroatoms. The molecule has 5 aromatic rings. The number of carbonyl (C=O) groups is 3. The summed E-state index contributed by atoms with van der Waals surface area (Å²) in [5.74, 6) is -3.04. The highest BCUT2D eigenvalue weighted by atomic mass is 19.1. The first-order chi connectivity index (χ1) is 23.5. The Morgan fingerprint density at radius 2 is 1.82 bits per heavy atom. The molecule has 3 fully saturated rings. The first kappa shape index (κ1) is 30.7. The number of nitrogens with one attached hydrogen (secondary N) is 2. The van der Waals surface area contributed by atoms with E-state index < -0.39 is 34.7 Å². The normalized spacial score (nSPS) is 19.6. The molecule has 0 bridgehead atoms. The maximum Gasteiger partial charge on any atom is 0.329 e. The van der Waals surface area contributed by atoms with Crippen molar-refractivity contribution in [3.8, 4) is 17.3 Å². The zero-order valence-electron chi connectivity index (χ0n) is 26.4. The zero-order chi connectivity index (χ0) is 34.2. The number of nitrogens with two attached hydrogens (primary N) is 1. The van der Waals surface area contributed by atoms with Gasteiger partial charge in [-0.15, -0.1) is 0 Å². The van der Waals surface area contributed by atoms with Gasteiger partial charge in [-0.1, -0.05) is 6.07 Å². The summed E-state index contributed by atoms with van der Waals surface area (Å²) in [6.45, 7) is 5.89. The highest BCUT2D eigenvalue weighted by molar-refractivity contribution is 6.24. The number of aryl methyl sites for hydroxylation is 2. The summed E-state index contributed by atoms with van der Waals surface area (Å²) in [4.78, 5) is 51.3. The summed E-state index contributed by atoms with van der Waals surface area (Å²) in [6, 6.07) is 9.82. The lowest BCUT2D eigenvalue weighted by Crippen LogP contribution is -2.53. The molecule has 0 radical (unpaired) electrons. The van der Waals surface area contributed by atoms with Gasteiger partial charge in [0.25, 0.3) is 5.91 Å². The number of hydrogen-bond acceptors (Lipinski definition) is 9. The van der Waals surface area contributed by atoms with Crippen molar-refractivity contribution in [2.45, 2.75) is 31.8 Å². The fourth-order valence-corrected chi connectivity index (χ4v) is 6.70. The van der Waals surface area contributed by atoms with Gasteiger partial charge in [0.1, 0.15) is 11.4 Å². The summed E-state index contributed by atoms with van der Waals surface area (Å²) in [5.41, 5.74) is 8.43. The maximum absolute atomic E-state index is 14.1. The molecule has 8 rings (SSSR count). The third-order valence-corrected chi connectivity index (χ3v) is 9.48. The Kier molecular flexibility index (Phi) is 7.01. The monoisotopic (exact) mass is 668 g/mol. The van der Waals surface area contributed by atoms with Gasteiger partial charge in [0.05, 0.1) is 54.3 Å². The molecule has 3 saturated heterocycles. The standard InChI is InChI=1S/C34H30F2N8O5/c1-17-8-19-10-25(40-24(19)11-26(17)43-32(46)34(41-33(43)47)6-7-42(16-34)20-14-48-15-20)29(45)21-12-39-44(31(21)37)27-13-38-28(9-18(27)2)49-30-22(35)4-3-5-23(30)36/h3-5,8-13,20,40H,6-7,14-16,37H2,1-2H3,(H,41,47). The third kappa shape index (κ3) is 4.92. The number of para-hydroxylation sites is 1. The Bertz CT molecular complexity index is 2190. The Morgan fingerprint density at radius 1 is 1.06 bits per heavy atom. The number of ketones is 1. The minimum absolute atomic E-state index is 0.0442. The quantitative estimate of drug-likeness (QED) is 0.171. The number of benzene rings is 2. The van der Waals surface area contributed by atoms with Gasteiger partial charge in [0, 0.05) is 30.1 Å². The highest BCUT2D eigenvalue weighted by Gasteiger charge is 2.56. The van der Waals surface area contributed by atoms with Crippen molar-refractivity contribution in [2.75, 3.05) is 36.9 Å². The van der Waals surface area contributed by atoms with E-state index in [0.29, 0.717) is 66.1 Å². The van der Waals surface area contributed by atoms with Crippen LogP contribution in [0.15, 0.2) is 54.9 Å². The average molecular weight is 669 g/mol. The Morgan fingerprint density at radius 3 is 2.53 bits per heavy atom. The molecule has 3 aliphatic heterocycles.